The molecule has 0 saturated carbocycles. The first-order chi connectivity index (χ1) is 9.07. The van der Waals surface area contributed by atoms with E-state index in [1.54, 1.807) is 7.11 Å². The molecule has 0 spiro atoms. The number of unbranched alkanes of at least 4 members (excludes halogenated alkanes) is 3. The zero-order valence-electron chi connectivity index (χ0n) is 12.9. The number of nitrogens with one attached hydrogen (secondary N) is 1. The van der Waals surface area contributed by atoms with Gasteiger partial charge in [-0.2, -0.15) is 0 Å². The molecule has 0 saturated heterocycles. The van der Waals surface area contributed by atoms with E-state index in [2.05, 4.69) is 19.2 Å². The quantitative estimate of drug-likeness (QED) is 0.536. The van der Waals surface area contributed by atoms with E-state index in [1.165, 1.54) is 25.7 Å². The Labute approximate surface area is 118 Å². The molecule has 4 nitrogen and oxygen atoms in total. The average Bonchev–Trinajstić information content (AvgIpc) is 2.37. The molecule has 3 N–H and O–H groups in total. The highest BCUT2D eigenvalue weighted by molar-refractivity contribution is 5.81. The highest BCUT2D eigenvalue weighted by Gasteiger charge is 2.11. The van der Waals surface area contributed by atoms with E-state index in [9.17, 15) is 4.79 Å². The number of hydrogen-bond acceptors (Lipinski definition) is 3. The molecule has 114 valence electrons. The first kappa shape index (κ1) is 18.4. The highest BCUT2D eigenvalue weighted by atomic mass is 16.5. The molecule has 1 atom stereocenters. The van der Waals surface area contributed by atoms with Gasteiger partial charge in [0.2, 0.25) is 5.91 Å². The highest BCUT2D eigenvalue weighted by Crippen LogP contribution is 2.08. The molecule has 0 heterocycles. The van der Waals surface area contributed by atoms with Crippen LogP contribution in [0.5, 0.6) is 0 Å². The first-order valence-electron chi connectivity index (χ1n) is 7.60. The molecule has 0 radical (unpaired) electrons. The van der Waals surface area contributed by atoms with Crippen LogP contribution in [-0.2, 0) is 9.53 Å². The van der Waals surface area contributed by atoms with Crippen LogP contribution in [0.15, 0.2) is 0 Å². The Kier molecular flexibility index (Phi) is 12.0. The first-order valence-corrected chi connectivity index (χ1v) is 7.60. The zero-order chi connectivity index (χ0) is 14.5. The molecule has 4 heteroatoms. The Bertz CT molecular complexity index is 220. The van der Waals surface area contributed by atoms with Crippen LogP contribution in [0.1, 0.15) is 58.8 Å². The SMILES string of the molecule is COCCCC(N)C(=O)NCCCCCCC(C)C. The smallest absolute Gasteiger partial charge is 0.236 e. The Morgan fingerprint density at radius 1 is 1.11 bits per heavy atom. The fraction of sp³-hybridized carbons (Fsp3) is 0.933. The van der Waals surface area contributed by atoms with Crippen LogP contribution in [0.3, 0.4) is 0 Å². The van der Waals surface area contributed by atoms with Gasteiger partial charge in [0.1, 0.15) is 0 Å². The molecule has 0 bridgehead atoms. The normalized spacial score (nSPS) is 12.7. The standard InChI is InChI=1S/C15H32N2O2/c1-13(2)9-6-4-5-7-11-17-15(18)14(16)10-8-12-19-3/h13-14H,4-12,16H2,1-3H3,(H,17,18). The third kappa shape index (κ3) is 12.2. The van der Waals surface area contributed by atoms with Crippen LogP contribution >= 0.6 is 0 Å². The molecular formula is C15H32N2O2. The number of ether oxygens (including phenoxy) is 1. The Morgan fingerprint density at radius 3 is 2.42 bits per heavy atom. The van der Waals surface area contributed by atoms with Crippen LogP contribution < -0.4 is 11.1 Å². The summed E-state index contributed by atoms with van der Waals surface area (Å²) in [6.45, 7) is 5.92. The molecule has 0 aliphatic carbocycles. The number of carbonyl (C=O) groups is 1. The topological polar surface area (TPSA) is 64.3 Å². The van der Waals surface area contributed by atoms with Crippen LogP contribution in [0.2, 0.25) is 0 Å². The second-order valence-electron chi connectivity index (χ2n) is 5.63. The number of methoxy groups -OCH3 is 1. The van der Waals surface area contributed by atoms with Crippen molar-refractivity contribution < 1.29 is 9.53 Å². The summed E-state index contributed by atoms with van der Waals surface area (Å²) in [7, 11) is 1.66. The van der Waals surface area contributed by atoms with Crippen LogP contribution in [0.25, 0.3) is 0 Å². The maximum atomic E-state index is 11.6. The van der Waals surface area contributed by atoms with Gasteiger partial charge in [0.25, 0.3) is 0 Å². The molecule has 0 aromatic rings. The van der Waals surface area contributed by atoms with Crippen molar-refractivity contribution in [2.75, 3.05) is 20.3 Å². The predicted octanol–water partition coefficient (Wildman–Crippen LogP) is 2.46. The molecule has 0 aliphatic rings. The molecular weight excluding hydrogens is 240 g/mol. The van der Waals surface area contributed by atoms with E-state index in [-0.39, 0.29) is 5.91 Å². The number of rotatable bonds is 12. The van der Waals surface area contributed by atoms with Gasteiger partial charge in [0, 0.05) is 20.3 Å². The van der Waals surface area contributed by atoms with Gasteiger partial charge < -0.3 is 15.8 Å². The third-order valence-corrected chi connectivity index (χ3v) is 3.21. The van der Waals surface area contributed by atoms with E-state index in [1.807, 2.05) is 0 Å². The fourth-order valence-corrected chi connectivity index (χ4v) is 1.95. The summed E-state index contributed by atoms with van der Waals surface area (Å²) in [6, 6.07) is -0.393. The molecule has 1 unspecified atom stereocenters. The van der Waals surface area contributed by atoms with E-state index in [4.69, 9.17) is 10.5 Å². The molecule has 0 rings (SSSR count). The van der Waals surface area contributed by atoms with Gasteiger partial charge >= 0.3 is 0 Å². The van der Waals surface area contributed by atoms with Gasteiger partial charge in [-0.05, 0) is 25.2 Å². The number of nitrogens with two attached hydrogens (primary N) is 1. The summed E-state index contributed by atoms with van der Waals surface area (Å²) in [5, 5.41) is 2.90. The summed E-state index contributed by atoms with van der Waals surface area (Å²) in [5.41, 5.74) is 5.79. The van der Waals surface area contributed by atoms with Gasteiger partial charge in [0.15, 0.2) is 0 Å². The maximum absolute atomic E-state index is 11.6. The van der Waals surface area contributed by atoms with Gasteiger partial charge in [-0.1, -0.05) is 39.5 Å². The van der Waals surface area contributed by atoms with Crippen molar-refractivity contribution in [2.24, 2.45) is 11.7 Å². The van der Waals surface area contributed by atoms with Crippen molar-refractivity contribution >= 4 is 5.91 Å². The lowest BCUT2D eigenvalue weighted by molar-refractivity contribution is -0.122. The van der Waals surface area contributed by atoms with Crippen molar-refractivity contribution in [3.8, 4) is 0 Å². The van der Waals surface area contributed by atoms with Crippen LogP contribution in [0, 0.1) is 5.92 Å². The van der Waals surface area contributed by atoms with Gasteiger partial charge in [0.05, 0.1) is 6.04 Å². The minimum absolute atomic E-state index is 0.0294. The Morgan fingerprint density at radius 2 is 1.79 bits per heavy atom. The molecule has 0 aromatic carbocycles. The van der Waals surface area contributed by atoms with E-state index < -0.39 is 6.04 Å². The number of hydrogen-bond donors (Lipinski definition) is 2. The lowest BCUT2D eigenvalue weighted by atomic mass is 10.0. The van der Waals surface area contributed by atoms with Gasteiger partial charge in [-0.3, -0.25) is 4.79 Å². The van der Waals surface area contributed by atoms with Crippen molar-refractivity contribution in [2.45, 2.75) is 64.8 Å². The van der Waals surface area contributed by atoms with E-state index in [0.29, 0.717) is 13.0 Å². The monoisotopic (exact) mass is 272 g/mol. The second-order valence-corrected chi connectivity index (χ2v) is 5.63. The number of carbonyl (C=O) groups excluding carboxylic acids is 1. The fourth-order valence-electron chi connectivity index (χ4n) is 1.95. The van der Waals surface area contributed by atoms with Gasteiger partial charge in [-0.25, -0.2) is 0 Å². The van der Waals surface area contributed by atoms with Crippen LogP contribution in [0.4, 0.5) is 0 Å². The summed E-state index contributed by atoms with van der Waals surface area (Å²) < 4.78 is 4.94. The minimum Gasteiger partial charge on any atom is -0.385 e. The van der Waals surface area contributed by atoms with Crippen molar-refractivity contribution in [1.82, 2.24) is 5.32 Å². The zero-order valence-corrected chi connectivity index (χ0v) is 12.9. The molecule has 19 heavy (non-hydrogen) atoms. The van der Waals surface area contributed by atoms with Gasteiger partial charge in [-0.15, -0.1) is 0 Å². The minimum atomic E-state index is -0.393. The van der Waals surface area contributed by atoms with E-state index >= 15 is 0 Å². The van der Waals surface area contributed by atoms with Crippen molar-refractivity contribution in [3.63, 3.8) is 0 Å². The molecule has 1 amide bonds. The van der Waals surface area contributed by atoms with E-state index in [0.717, 1.165) is 25.3 Å². The molecule has 0 fully saturated rings. The summed E-state index contributed by atoms with van der Waals surface area (Å²) in [5.74, 6) is 0.767. The Balaban J connectivity index is 3.37. The largest absolute Gasteiger partial charge is 0.385 e. The third-order valence-electron chi connectivity index (χ3n) is 3.21. The lowest BCUT2D eigenvalue weighted by Gasteiger charge is -2.12. The average molecular weight is 272 g/mol. The summed E-state index contributed by atoms with van der Waals surface area (Å²) >= 11 is 0. The number of amides is 1. The van der Waals surface area contributed by atoms with Crippen LogP contribution in [-0.4, -0.2) is 32.2 Å². The van der Waals surface area contributed by atoms with Crippen molar-refractivity contribution in [1.29, 1.82) is 0 Å². The lowest BCUT2D eigenvalue weighted by Crippen LogP contribution is -2.41. The predicted molar refractivity (Wildman–Crippen MR) is 80.0 cm³/mol. The maximum Gasteiger partial charge on any atom is 0.236 e. The Hall–Kier alpha value is -0.610. The molecule has 0 aromatic heterocycles. The van der Waals surface area contributed by atoms with Crippen molar-refractivity contribution in [3.05, 3.63) is 0 Å². The second kappa shape index (κ2) is 12.4. The summed E-state index contributed by atoms with van der Waals surface area (Å²) in [4.78, 5) is 11.6. The molecule has 0 aliphatic heterocycles. The summed E-state index contributed by atoms with van der Waals surface area (Å²) in [6.07, 6.45) is 7.61.